The number of sulfonamides is 1. The van der Waals surface area contributed by atoms with E-state index >= 15 is 0 Å². The van der Waals surface area contributed by atoms with E-state index in [9.17, 15) is 36.7 Å². The number of rotatable bonds is 9. The number of carbonyl (C=O) groups excluding carboxylic acids is 1. The van der Waals surface area contributed by atoms with E-state index in [1.807, 2.05) is 0 Å². The smallest absolute Gasteiger partial charge is 0.349 e. The molecule has 2 saturated carbocycles. The molecule has 0 saturated heterocycles. The van der Waals surface area contributed by atoms with Gasteiger partial charge in [-0.3, -0.25) is 14.6 Å². The SMILES string of the molecule is O=C(NC1CC(NS(=O)(=O)c2cc(Oc3c(Cl)cc(-n4nc(C(F)F)c(=O)[nH]c4=O)cc3Cl)ccc2O)C1)C1CC1. The number of nitrogens with zero attached hydrogens (tertiary/aromatic N) is 2. The molecule has 0 atom stereocenters. The first-order valence-corrected chi connectivity index (χ1v) is 14.4. The fourth-order valence-electron chi connectivity index (χ4n) is 4.17. The van der Waals surface area contributed by atoms with Crippen LogP contribution in [0.4, 0.5) is 8.78 Å². The number of H-pyrrole nitrogens is 1. The summed E-state index contributed by atoms with van der Waals surface area (Å²) in [4.78, 5) is 36.9. The summed E-state index contributed by atoms with van der Waals surface area (Å²) in [6.45, 7) is 0. The second-order valence-corrected chi connectivity index (χ2v) is 12.1. The van der Waals surface area contributed by atoms with Crippen molar-refractivity contribution in [2.45, 2.75) is 49.1 Å². The second-order valence-electron chi connectivity index (χ2n) is 9.60. The fraction of sp³-hybridized carbons (Fsp3) is 0.333. The molecule has 2 fully saturated rings. The third-order valence-corrected chi connectivity index (χ3v) is 8.59. The molecule has 0 aliphatic heterocycles. The molecule has 17 heteroatoms. The lowest BCUT2D eigenvalue weighted by molar-refractivity contribution is -0.123. The topological polar surface area (TPSA) is 172 Å². The number of aromatic hydroxyl groups is 1. The first-order valence-electron chi connectivity index (χ1n) is 12.2. The summed E-state index contributed by atoms with van der Waals surface area (Å²) in [7, 11) is -4.20. The molecule has 0 radical (unpaired) electrons. The Hall–Kier alpha value is -3.53. The average Bonchev–Trinajstić information content (AvgIpc) is 3.71. The maximum atomic E-state index is 13.1. The van der Waals surface area contributed by atoms with Crippen molar-refractivity contribution in [2.24, 2.45) is 5.92 Å². The van der Waals surface area contributed by atoms with Crippen LogP contribution in [0, 0.1) is 5.92 Å². The summed E-state index contributed by atoms with van der Waals surface area (Å²) < 4.78 is 60.8. The fourth-order valence-corrected chi connectivity index (χ4v) is 6.09. The van der Waals surface area contributed by atoms with Gasteiger partial charge in [-0.1, -0.05) is 23.2 Å². The van der Waals surface area contributed by atoms with Crippen molar-refractivity contribution in [3.8, 4) is 22.9 Å². The number of benzene rings is 2. The zero-order valence-electron chi connectivity index (χ0n) is 20.7. The third-order valence-electron chi connectivity index (χ3n) is 6.48. The number of hydrogen-bond donors (Lipinski definition) is 4. The summed E-state index contributed by atoms with van der Waals surface area (Å²) in [5.74, 6) is -0.788. The van der Waals surface area contributed by atoms with E-state index in [-0.39, 0.29) is 45.1 Å². The number of aromatic nitrogens is 3. The van der Waals surface area contributed by atoms with Crippen molar-refractivity contribution in [1.82, 2.24) is 24.8 Å². The molecule has 5 rings (SSSR count). The lowest BCUT2D eigenvalue weighted by Gasteiger charge is -2.36. The van der Waals surface area contributed by atoms with Crippen molar-refractivity contribution >= 4 is 39.1 Å². The van der Waals surface area contributed by atoms with Crippen molar-refractivity contribution in [1.29, 1.82) is 0 Å². The monoisotopic (exact) mass is 631 g/mol. The standard InChI is InChI=1S/C24H21Cl2F2N5O7S/c25-15-7-13(33-24(37)30-23(36)19(31-33)21(27)28)8-16(26)20(15)40-14-3-4-17(34)18(9-14)41(38,39)32-12-5-11(6-12)29-22(35)10-1-2-10/h3-4,7-12,21,32,34H,1-2,5-6H2,(H,29,35)(H,30,36,37). The van der Waals surface area contributed by atoms with Crippen LogP contribution in [0.5, 0.6) is 17.2 Å². The second kappa shape index (κ2) is 11.0. The maximum Gasteiger partial charge on any atom is 0.349 e. The highest BCUT2D eigenvalue weighted by molar-refractivity contribution is 7.89. The third kappa shape index (κ3) is 6.22. The number of amides is 1. The molecule has 218 valence electrons. The van der Waals surface area contributed by atoms with Gasteiger partial charge in [0.15, 0.2) is 11.4 Å². The van der Waals surface area contributed by atoms with Gasteiger partial charge in [0.25, 0.3) is 12.0 Å². The number of phenols is 1. The van der Waals surface area contributed by atoms with Crippen molar-refractivity contribution in [3.63, 3.8) is 0 Å². The molecule has 2 aliphatic rings. The Morgan fingerprint density at radius 2 is 1.78 bits per heavy atom. The quantitative estimate of drug-likeness (QED) is 0.279. The van der Waals surface area contributed by atoms with Crippen molar-refractivity contribution in [3.05, 3.63) is 66.9 Å². The number of nitrogens with one attached hydrogen (secondary N) is 3. The van der Waals surface area contributed by atoms with E-state index in [1.165, 1.54) is 6.07 Å². The largest absolute Gasteiger partial charge is 0.507 e. The normalized spacial score (nSPS) is 18.7. The Balaban J connectivity index is 1.33. The van der Waals surface area contributed by atoms with E-state index in [0.29, 0.717) is 17.5 Å². The molecule has 1 amide bonds. The van der Waals surface area contributed by atoms with Gasteiger partial charge in [0, 0.05) is 24.1 Å². The highest BCUT2D eigenvalue weighted by Gasteiger charge is 2.37. The molecular weight excluding hydrogens is 611 g/mol. The van der Waals surface area contributed by atoms with E-state index < -0.39 is 50.1 Å². The van der Waals surface area contributed by atoms with Gasteiger partial charge in [-0.15, -0.1) is 0 Å². The van der Waals surface area contributed by atoms with Crippen molar-refractivity contribution in [2.75, 3.05) is 0 Å². The van der Waals surface area contributed by atoms with E-state index in [1.54, 1.807) is 4.98 Å². The first-order chi connectivity index (χ1) is 19.3. The lowest BCUT2D eigenvalue weighted by atomic mass is 9.87. The average molecular weight is 632 g/mol. The van der Waals surface area contributed by atoms with Gasteiger partial charge < -0.3 is 15.2 Å². The summed E-state index contributed by atoms with van der Waals surface area (Å²) in [5, 5.41) is 16.1. The Bertz CT molecular complexity index is 1730. The minimum Gasteiger partial charge on any atom is -0.507 e. The number of carbonyl (C=O) groups is 1. The summed E-state index contributed by atoms with van der Waals surface area (Å²) in [6, 6.07) is 5.04. The molecule has 2 aliphatic carbocycles. The number of halogens is 4. The lowest BCUT2D eigenvalue weighted by Crippen LogP contribution is -2.53. The molecular formula is C24H21Cl2F2N5O7S. The van der Waals surface area contributed by atoms with Gasteiger partial charge in [-0.05, 0) is 49.9 Å². The van der Waals surface area contributed by atoms with Gasteiger partial charge in [-0.2, -0.15) is 9.78 Å². The molecule has 0 unspecified atom stereocenters. The Labute approximate surface area is 240 Å². The predicted octanol–water partition coefficient (Wildman–Crippen LogP) is 3.00. The Morgan fingerprint density at radius 1 is 1.12 bits per heavy atom. The molecule has 4 N–H and O–H groups in total. The molecule has 12 nitrogen and oxygen atoms in total. The van der Waals surface area contributed by atoms with E-state index in [2.05, 4.69) is 15.1 Å². The molecule has 41 heavy (non-hydrogen) atoms. The highest BCUT2D eigenvalue weighted by Crippen LogP contribution is 2.40. The predicted molar refractivity (Wildman–Crippen MR) is 142 cm³/mol. The van der Waals surface area contributed by atoms with Crippen LogP contribution in [-0.4, -0.2) is 46.3 Å². The number of phenolic OH excluding ortho intramolecular Hbond substituents is 1. The van der Waals surface area contributed by atoms with Gasteiger partial charge in [-0.25, -0.2) is 26.7 Å². The van der Waals surface area contributed by atoms with Crippen LogP contribution in [0.25, 0.3) is 5.69 Å². The Kier molecular flexibility index (Phi) is 7.80. The molecule has 3 aromatic rings. The van der Waals surface area contributed by atoms with E-state index in [4.69, 9.17) is 27.9 Å². The van der Waals surface area contributed by atoms with Crippen LogP contribution in [0.2, 0.25) is 10.0 Å². The van der Waals surface area contributed by atoms with Crippen LogP contribution < -0.4 is 26.0 Å². The number of ether oxygens (including phenoxy) is 1. The molecule has 2 aromatic carbocycles. The minimum atomic E-state index is -4.20. The molecule has 1 aromatic heterocycles. The van der Waals surface area contributed by atoms with Crippen molar-refractivity contribution < 1.29 is 31.8 Å². The minimum absolute atomic E-state index is 0.0240. The van der Waals surface area contributed by atoms with Crippen LogP contribution in [-0.2, 0) is 14.8 Å². The van der Waals surface area contributed by atoms with Crippen LogP contribution >= 0.6 is 23.2 Å². The van der Waals surface area contributed by atoms with Crippen LogP contribution in [0.15, 0.2) is 44.8 Å². The maximum absolute atomic E-state index is 13.1. The van der Waals surface area contributed by atoms with Gasteiger partial charge in [0.05, 0.1) is 15.7 Å². The van der Waals surface area contributed by atoms with Crippen LogP contribution in [0.1, 0.15) is 37.8 Å². The first kappa shape index (κ1) is 29.0. The number of alkyl halides is 2. The highest BCUT2D eigenvalue weighted by atomic mass is 35.5. The summed E-state index contributed by atoms with van der Waals surface area (Å²) >= 11 is 12.5. The van der Waals surface area contributed by atoms with E-state index in [0.717, 1.165) is 37.1 Å². The summed E-state index contributed by atoms with van der Waals surface area (Å²) in [6.07, 6.45) is -0.730. The van der Waals surface area contributed by atoms with Gasteiger partial charge in [0.2, 0.25) is 15.9 Å². The molecule has 1 heterocycles. The number of hydrogen-bond acceptors (Lipinski definition) is 8. The Morgan fingerprint density at radius 3 is 2.39 bits per heavy atom. The van der Waals surface area contributed by atoms with Gasteiger partial charge in [0.1, 0.15) is 16.4 Å². The zero-order chi connectivity index (χ0) is 29.6. The zero-order valence-corrected chi connectivity index (χ0v) is 23.1. The molecule has 0 bridgehead atoms. The van der Waals surface area contributed by atoms with Crippen LogP contribution in [0.3, 0.4) is 0 Å². The van der Waals surface area contributed by atoms with Gasteiger partial charge >= 0.3 is 5.69 Å². The molecule has 0 spiro atoms. The summed E-state index contributed by atoms with van der Waals surface area (Å²) in [5.41, 5.74) is -3.82. The number of aromatic amines is 1.